The molecule has 19 heavy (non-hydrogen) atoms. The average Bonchev–Trinajstić information content (AvgIpc) is 2.45. The second-order valence-corrected chi connectivity index (χ2v) is 4.81. The summed E-state index contributed by atoms with van der Waals surface area (Å²) in [5.74, 6) is 0.945. The third-order valence-electron chi connectivity index (χ3n) is 3.18. The first-order valence-electron chi connectivity index (χ1n) is 7.20. The van der Waals surface area contributed by atoms with Crippen LogP contribution in [0.25, 0.3) is 0 Å². The van der Waals surface area contributed by atoms with Gasteiger partial charge in [-0.05, 0) is 44.0 Å². The summed E-state index contributed by atoms with van der Waals surface area (Å²) < 4.78 is 11.0. The highest BCUT2D eigenvalue weighted by Crippen LogP contribution is 2.22. The van der Waals surface area contributed by atoms with E-state index in [9.17, 15) is 0 Å². The molecule has 0 aliphatic rings. The van der Waals surface area contributed by atoms with Gasteiger partial charge in [-0.1, -0.05) is 26.0 Å². The van der Waals surface area contributed by atoms with E-state index >= 15 is 0 Å². The molecular weight excluding hydrogens is 238 g/mol. The van der Waals surface area contributed by atoms with Gasteiger partial charge in [-0.3, -0.25) is 0 Å². The minimum absolute atomic E-state index is 0.250. The fraction of sp³-hybridized carbons (Fsp3) is 0.625. The Hall–Kier alpha value is -1.06. The molecule has 0 radical (unpaired) electrons. The molecule has 2 unspecified atom stereocenters. The first-order valence-corrected chi connectivity index (χ1v) is 7.20. The number of hydrogen-bond acceptors (Lipinski definition) is 3. The van der Waals surface area contributed by atoms with Crippen LogP contribution >= 0.6 is 0 Å². The Kier molecular flexibility index (Phi) is 7.53. The number of hydrogen-bond donors (Lipinski definition) is 1. The van der Waals surface area contributed by atoms with Crippen LogP contribution in [-0.4, -0.2) is 26.4 Å². The Morgan fingerprint density at radius 3 is 2.37 bits per heavy atom. The van der Waals surface area contributed by atoms with E-state index in [2.05, 4.69) is 38.2 Å². The van der Waals surface area contributed by atoms with Gasteiger partial charge in [0.1, 0.15) is 5.75 Å². The van der Waals surface area contributed by atoms with Crippen molar-refractivity contribution in [1.29, 1.82) is 0 Å². The van der Waals surface area contributed by atoms with E-state index in [-0.39, 0.29) is 6.10 Å². The van der Waals surface area contributed by atoms with Crippen LogP contribution in [-0.2, 0) is 4.74 Å². The van der Waals surface area contributed by atoms with Crippen molar-refractivity contribution in [3.05, 3.63) is 29.8 Å². The summed E-state index contributed by atoms with van der Waals surface area (Å²) in [6.45, 7) is 8.07. The van der Waals surface area contributed by atoms with Gasteiger partial charge in [-0.15, -0.1) is 0 Å². The molecule has 0 amide bonds. The quantitative estimate of drug-likeness (QED) is 0.740. The van der Waals surface area contributed by atoms with Crippen molar-refractivity contribution in [1.82, 2.24) is 5.32 Å². The molecule has 2 atom stereocenters. The lowest BCUT2D eigenvalue weighted by molar-refractivity contribution is 0.101. The van der Waals surface area contributed by atoms with Crippen LogP contribution in [0.5, 0.6) is 5.75 Å². The van der Waals surface area contributed by atoms with E-state index in [0.717, 1.165) is 31.7 Å². The highest BCUT2D eigenvalue weighted by atomic mass is 16.5. The van der Waals surface area contributed by atoms with Crippen molar-refractivity contribution in [3.63, 3.8) is 0 Å². The van der Waals surface area contributed by atoms with E-state index in [1.807, 2.05) is 12.1 Å². The first-order chi connectivity index (χ1) is 9.21. The molecule has 1 N–H and O–H groups in total. The number of benzene rings is 1. The lowest BCUT2D eigenvalue weighted by Crippen LogP contribution is -2.25. The van der Waals surface area contributed by atoms with Crippen LogP contribution < -0.4 is 10.1 Å². The lowest BCUT2D eigenvalue weighted by atomic mass is 10.0. The molecule has 0 aromatic heterocycles. The van der Waals surface area contributed by atoms with Crippen molar-refractivity contribution in [2.24, 2.45) is 0 Å². The van der Waals surface area contributed by atoms with Crippen LogP contribution in [0.15, 0.2) is 24.3 Å². The smallest absolute Gasteiger partial charge is 0.119 e. The zero-order valence-electron chi connectivity index (χ0n) is 12.6. The summed E-state index contributed by atoms with van der Waals surface area (Å²) >= 11 is 0. The van der Waals surface area contributed by atoms with Crippen molar-refractivity contribution in [3.8, 4) is 5.75 Å². The number of ether oxygens (including phenoxy) is 2. The summed E-state index contributed by atoms with van der Waals surface area (Å²) in [5, 5.41) is 3.51. The van der Waals surface area contributed by atoms with Gasteiger partial charge in [0, 0.05) is 13.2 Å². The molecule has 1 aromatic rings. The SMILES string of the molecule is CCCOc1ccc(C(CC(C)OC)NCC)cc1. The van der Waals surface area contributed by atoms with E-state index < -0.39 is 0 Å². The van der Waals surface area contributed by atoms with Gasteiger partial charge >= 0.3 is 0 Å². The highest BCUT2D eigenvalue weighted by Gasteiger charge is 2.14. The standard InChI is InChI=1S/C16H27NO2/c1-5-11-19-15-9-7-14(8-10-15)16(17-6-2)12-13(3)18-4/h7-10,13,16-17H,5-6,11-12H2,1-4H3. The minimum atomic E-state index is 0.250. The Balaban J connectivity index is 2.67. The van der Waals surface area contributed by atoms with Crippen LogP contribution in [0.4, 0.5) is 0 Å². The van der Waals surface area contributed by atoms with Crippen molar-refractivity contribution < 1.29 is 9.47 Å². The van der Waals surface area contributed by atoms with Gasteiger partial charge in [0.2, 0.25) is 0 Å². The zero-order valence-corrected chi connectivity index (χ0v) is 12.6. The number of methoxy groups -OCH3 is 1. The Labute approximate surface area is 117 Å². The number of nitrogens with one attached hydrogen (secondary N) is 1. The maximum Gasteiger partial charge on any atom is 0.119 e. The van der Waals surface area contributed by atoms with E-state index in [0.29, 0.717) is 6.04 Å². The van der Waals surface area contributed by atoms with Gasteiger partial charge < -0.3 is 14.8 Å². The Morgan fingerprint density at radius 1 is 1.16 bits per heavy atom. The van der Waals surface area contributed by atoms with Crippen LogP contribution in [0.2, 0.25) is 0 Å². The van der Waals surface area contributed by atoms with Crippen molar-refractivity contribution >= 4 is 0 Å². The van der Waals surface area contributed by atoms with Gasteiger partial charge in [0.25, 0.3) is 0 Å². The van der Waals surface area contributed by atoms with Crippen LogP contribution in [0, 0.1) is 0 Å². The second-order valence-electron chi connectivity index (χ2n) is 4.81. The molecule has 0 saturated heterocycles. The van der Waals surface area contributed by atoms with Crippen molar-refractivity contribution in [2.75, 3.05) is 20.3 Å². The van der Waals surface area contributed by atoms with Gasteiger partial charge in [-0.25, -0.2) is 0 Å². The van der Waals surface area contributed by atoms with Gasteiger partial charge in [0.15, 0.2) is 0 Å². The predicted molar refractivity (Wildman–Crippen MR) is 79.7 cm³/mol. The minimum Gasteiger partial charge on any atom is -0.494 e. The van der Waals surface area contributed by atoms with E-state index in [1.165, 1.54) is 5.56 Å². The van der Waals surface area contributed by atoms with Crippen LogP contribution in [0.3, 0.4) is 0 Å². The highest BCUT2D eigenvalue weighted by molar-refractivity contribution is 5.29. The maximum absolute atomic E-state index is 5.61. The molecule has 0 bridgehead atoms. The molecule has 1 aromatic carbocycles. The summed E-state index contributed by atoms with van der Waals surface area (Å²) in [7, 11) is 1.76. The molecule has 1 rings (SSSR count). The summed E-state index contributed by atoms with van der Waals surface area (Å²) in [6.07, 6.45) is 2.26. The van der Waals surface area contributed by atoms with Gasteiger partial charge in [0.05, 0.1) is 12.7 Å². The van der Waals surface area contributed by atoms with E-state index in [4.69, 9.17) is 9.47 Å². The average molecular weight is 265 g/mol. The topological polar surface area (TPSA) is 30.5 Å². The molecule has 0 aliphatic heterocycles. The van der Waals surface area contributed by atoms with Gasteiger partial charge in [-0.2, -0.15) is 0 Å². The fourth-order valence-corrected chi connectivity index (χ4v) is 2.03. The predicted octanol–water partition coefficient (Wildman–Crippen LogP) is 3.55. The molecular formula is C16H27NO2. The summed E-state index contributed by atoms with van der Waals surface area (Å²) in [4.78, 5) is 0. The molecule has 3 nitrogen and oxygen atoms in total. The molecule has 0 spiro atoms. The lowest BCUT2D eigenvalue weighted by Gasteiger charge is -2.21. The molecule has 0 saturated carbocycles. The first kappa shape index (κ1) is 16.0. The molecule has 0 fully saturated rings. The maximum atomic E-state index is 5.61. The molecule has 0 heterocycles. The molecule has 0 aliphatic carbocycles. The number of rotatable bonds is 9. The molecule has 108 valence electrons. The largest absolute Gasteiger partial charge is 0.494 e. The third kappa shape index (κ3) is 5.62. The Morgan fingerprint density at radius 2 is 1.84 bits per heavy atom. The van der Waals surface area contributed by atoms with Crippen molar-refractivity contribution in [2.45, 2.75) is 45.8 Å². The van der Waals surface area contributed by atoms with E-state index in [1.54, 1.807) is 7.11 Å². The molecule has 3 heteroatoms. The fourth-order valence-electron chi connectivity index (χ4n) is 2.03. The summed E-state index contributed by atoms with van der Waals surface area (Å²) in [5.41, 5.74) is 1.29. The second kappa shape index (κ2) is 8.94. The normalized spacial score (nSPS) is 14.1. The third-order valence-corrected chi connectivity index (χ3v) is 3.18. The van der Waals surface area contributed by atoms with Crippen LogP contribution in [0.1, 0.15) is 45.2 Å². The zero-order chi connectivity index (χ0) is 14.1. The monoisotopic (exact) mass is 265 g/mol. The summed E-state index contributed by atoms with van der Waals surface area (Å²) in [6, 6.07) is 8.71. The Bertz CT molecular complexity index is 337.